The molecule has 1 saturated carbocycles. The summed E-state index contributed by atoms with van der Waals surface area (Å²) < 4.78 is 26.5. The number of thiocarbonyl (C=S) groups is 1. The monoisotopic (exact) mass is 294 g/mol. The maximum atomic E-state index is 12.5. The first-order valence-corrected chi connectivity index (χ1v) is 8.27. The van der Waals surface area contributed by atoms with E-state index < -0.39 is 15.3 Å². The van der Waals surface area contributed by atoms with E-state index in [4.69, 9.17) is 23.1 Å². The zero-order valence-electron chi connectivity index (χ0n) is 10.7. The summed E-state index contributed by atoms with van der Waals surface area (Å²) in [7, 11) is -3.49. The van der Waals surface area contributed by atoms with Crippen LogP contribution < -0.4 is 5.73 Å². The number of aliphatic hydroxyl groups excluding tert-OH is 1. The van der Waals surface area contributed by atoms with Gasteiger partial charge in [-0.2, -0.15) is 4.31 Å². The van der Waals surface area contributed by atoms with E-state index in [2.05, 4.69) is 0 Å². The van der Waals surface area contributed by atoms with E-state index in [-0.39, 0.29) is 17.6 Å². The number of rotatable bonds is 8. The van der Waals surface area contributed by atoms with Gasteiger partial charge in [-0.1, -0.05) is 25.6 Å². The highest BCUT2D eigenvalue weighted by Crippen LogP contribution is 2.29. The largest absolute Gasteiger partial charge is 0.396 e. The van der Waals surface area contributed by atoms with Gasteiger partial charge in [0, 0.05) is 19.2 Å². The number of hydrogen-bond donors (Lipinski definition) is 2. The number of hydrogen-bond acceptors (Lipinski definition) is 4. The molecule has 0 bridgehead atoms. The van der Waals surface area contributed by atoms with Crippen molar-refractivity contribution < 1.29 is 13.5 Å². The molecule has 106 valence electrons. The number of sulfonamides is 1. The van der Waals surface area contributed by atoms with Crippen molar-refractivity contribution in [3.63, 3.8) is 0 Å². The highest BCUT2D eigenvalue weighted by atomic mass is 32.2. The Morgan fingerprint density at radius 1 is 1.56 bits per heavy atom. The van der Waals surface area contributed by atoms with E-state index in [0.29, 0.717) is 19.4 Å². The zero-order chi connectivity index (χ0) is 13.8. The normalized spacial score (nSPS) is 18.6. The molecule has 1 fully saturated rings. The van der Waals surface area contributed by atoms with Gasteiger partial charge in [-0.15, -0.1) is 0 Å². The van der Waals surface area contributed by atoms with Crippen molar-refractivity contribution in [2.24, 2.45) is 5.73 Å². The van der Waals surface area contributed by atoms with Crippen molar-refractivity contribution in [2.75, 3.05) is 13.2 Å². The van der Waals surface area contributed by atoms with Crippen LogP contribution in [-0.2, 0) is 10.0 Å². The number of nitrogens with two attached hydrogens (primary N) is 1. The average molecular weight is 294 g/mol. The molecular formula is C11H22N2O3S2. The fourth-order valence-electron chi connectivity index (χ4n) is 2.14. The molecule has 0 radical (unpaired) electrons. The highest BCUT2D eigenvalue weighted by Gasteiger charge is 2.38. The molecule has 1 rings (SSSR count). The Kier molecular flexibility index (Phi) is 5.97. The van der Waals surface area contributed by atoms with Gasteiger partial charge in [-0.05, 0) is 25.7 Å². The van der Waals surface area contributed by atoms with Crippen LogP contribution >= 0.6 is 12.2 Å². The third kappa shape index (κ3) is 3.40. The fraction of sp³-hybridized carbons (Fsp3) is 0.909. The minimum Gasteiger partial charge on any atom is -0.396 e. The van der Waals surface area contributed by atoms with Crippen LogP contribution in [0, 0.1) is 0 Å². The predicted octanol–water partition coefficient (Wildman–Crippen LogP) is 0.618. The molecule has 3 N–H and O–H groups in total. The third-order valence-electron chi connectivity index (χ3n) is 3.39. The van der Waals surface area contributed by atoms with Gasteiger partial charge in [0.05, 0.1) is 4.99 Å². The minimum atomic E-state index is -3.49. The van der Waals surface area contributed by atoms with Crippen LogP contribution in [0.25, 0.3) is 0 Å². The number of aliphatic hydroxyl groups is 1. The molecule has 1 aliphatic carbocycles. The molecule has 1 unspecified atom stereocenters. The highest BCUT2D eigenvalue weighted by molar-refractivity contribution is 7.92. The molecule has 0 aromatic heterocycles. The Hall–Kier alpha value is -0.240. The van der Waals surface area contributed by atoms with Gasteiger partial charge in [0.2, 0.25) is 10.0 Å². The summed E-state index contributed by atoms with van der Waals surface area (Å²) in [5.74, 6) is 0. The Balaban J connectivity index is 2.90. The molecule has 0 amide bonds. The fourth-order valence-corrected chi connectivity index (χ4v) is 4.72. The summed E-state index contributed by atoms with van der Waals surface area (Å²) >= 11 is 4.86. The Morgan fingerprint density at radius 3 is 2.50 bits per heavy atom. The van der Waals surface area contributed by atoms with Crippen molar-refractivity contribution in [1.82, 2.24) is 4.31 Å². The third-order valence-corrected chi connectivity index (χ3v) is 6.27. The Bertz CT molecular complexity index is 380. The van der Waals surface area contributed by atoms with E-state index in [0.717, 1.165) is 19.3 Å². The molecular weight excluding hydrogens is 272 g/mol. The molecule has 1 atom stereocenters. The molecule has 5 nitrogen and oxygen atoms in total. The van der Waals surface area contributed by atoms with E-state index in [1.54, 1.807) is 6.92 Å². The van der Waals surface area contributed by atoms with Crippen molar-refractivity contribution in [3.05, 3.63) is 0 Å². The average Bonchev–Trinajstić information content (AvgIpc) is 2.20. The lowest BCUT2D eigenvalue weighted by Gasteiger charge is -2.38. The van der Waals surface area contributed by atoms with Crippen LogP contribution in [0.1, 0.15) is 39.0 Å². The van der Waals surface area contributed by atoms with Gasteiger partial charge in [0.15, 0.2) is 0 Å². The first-order valence-electron chi connectivity index (χ1n) is 6.36. The maximum Gasteiger partial charge on any atom is 0.223 e. The molecule has 0 aromatic rings. The second kappa shape index (κ2) is 6.79. The Labute approximate surface area is 114 Å². The quantitative estimate of drug-likeness (QED) is 0.641. The first-order chi connectivity index (χ1) is 8.45. The lowest BCUT2D eigenvalue weighted by Crippen LogP contribution is -2.51. The molecule has 0 spiro atoms. The minimum absolute atomic E-state index is 0.0113. The second-order valence-corrected chi connectivity index (χ2v) is 7.16. The van der Waals surface area contributed by atoms with Gasteiger partial charge in [-0.3, -0.25) is 0 Å². The van der Waals surface area contributed by atoms with E-state index in [9.17, 15) is 8.42 Å². The second-order valence-electron chi connectivity index (χ2n) is 4.62. The summed E-state index contributed by atoms with van der Waals surface area (Å²) in [6.07, 6.45) is 3.67. The van der Waals surface area contributed by atoms with E-state index >= 15 is 0 Å². The van der Waals surface area contributed by atoms with Crippen molar-refractivity contribution >= 4 is 27.2 Å². The topological polar surface area (TPSA) is 83.6 Å². The lowest BCUT2D eigenvalue weighted by molar-refractivity contribution is 0.198. The SMILES string of the molecule is CCC(C(N)=S)S(=O)(=O)N(CCCO)C1CCC1. The first kappa shape index (κ1) is 15.8. The van der Waals surface area contributed by atoms with Crippen LogP contribution in [0.4, 0.5) is 0 Å². The van der Waals surface area contributed by atoms with Crippen molar-refractivity contribution in [3.8, 4) is 0 Å². The summed E-state index contributed by atoms with van der Waals surface area (Å²) in [6, 6.07) is 0.0601. The van der Waals surface area contributed by atoms with Crippen LogP contribution in [0.5, 0.6) is 0 Å². The summed E-state index contributed by atoms with van der Waals surface area (Å²) in [5, 5.41) is 8.10. The van der Waals surface area contributed by atoms with E-state index in [1.807, 2.05) is 0 Å². The van der Waals surface area contributed by atoms with Crippen LogP contribution in [-0.4, -0.2) is 47.3 Å². The number of nitrogens with zero attached hydrogens (tertiary/aromatic N) is 1. The summed E-state index contributed by atoms with van der Waals surface area (Å²) in [5.41, 5.74) is 5.54. The molecule has 7 heteroatoms. The van der Waals surface area contributed by atoms with Gasteiger partial charge < -0.3 is 10.8 Å². The van der Waals surface area contributed by atoms with Crippen molar-refractivity contribution in [1.29, 1.82) is 0 Å². The zero-order valence-corrected chi connectivity index (χ0v) is 12.3. The summed E-state index contributed by atoms with van der Waals surface area (Å²) in [4.78, 5) is 0.0332. The summed E-state index contributed by atoms with van der Waals surface area (Å²) in [6.45, 7) is 2.11. The molecule has 1 aliphatic rings. The molecule has 0 aromatic carbocycles. The van der Waals surface area contributed by atoms with Crippen molar-refractivity contribution in [2.45, 2.75) is 50.3 Å². The van der Waals surface area contributed by atoms with Gasteiger partial charge >= 0.3 is 0 Å². The predicted molar refractivity (Wildman–Crippen MR) is 75.8 cm³/mol. The van der Waals surface area contributed by atoms with Gasteiger partial charge in [0.25, 0.3) is 0 Å². The molecule has 0 saturated heterocycles. The van der Waals surface area contributed by atoms with Crippen LogP contribution in [0.2, 0.25) is 0 Å². The molecule has 18 heavy (non-hydrogen) atoms. The Morgan fingerprint density at radius 2 is 2.17 bits per heavy atom. The van der Waals surface area contributed by atoms with Crippen LogP contribution in [0.3, 0.4) is 0 Å². The lowest BCUT2D eigenvalue weighted by atomic mass is 9.93. The van der Waals surface area contributed by atoms with Crippen LogP contribution in [0.15, 0.2) is 0 Å². The van der Waals surface area contributed by atoms with Gasteiger partial charge in [0.1, 0.15) is 5.25 Å². The van der Waals surface area contributed by atoms with Gasteiger partial charge in [-0.25, -0.2) is 8.42 Å². The maximum absolute atomic E-state index is 12.5. The smallest absolute Gasteiger partial charge is 0.223 e. The van der Waals surface area contributed by atoms with E-state index in [1.165, 1.54) is 4.31 Å². The molecule has 0 aliphatic heterocycles. The molecule has 0 heterocycles. The standard InChI is InChI=1S/C11H22N2O3S2/c1-2-10(11(12)17)18(15,16)13(7-4-8-14)9-5-3-6-9/h9-10,14H,2-8H2,1H3,(H2,12,17).